The molecule has 0 aliphatic carbocycles. The molecule has 1 amide bonds. The molecule has 82 valence electrons. The van der Waals surface area contributed by atoms with Gasteiger partial charge in [0.15, 0.2) is 0 Å². The largest absolute Gasteiger partial charge is 0.395 e. The zero-order valence-corrected chi connectivity index (χ0v) is 9.20. The number of hydrogen-bond acceptors (Lipinski definition) is 2. The minimum atomic E-state index is 0.0799. The van der Waals surface area contributed by atoms with E-state index in [9.17, 15) is 4.79 Å². The van der Waals surface area contributed by atoms with Gasteiger partial charge < -0.3 is 10.0 Å². The van der Waals surface area contributed by atoms with Gasteiger partial charge in [0.05, 0.1) is 6.61 Å². The molecule has 1 heterocycles. The highest BCUT2D eigenvalue weighted by molar-refractivity contribution is 5.79. The van der Waals surface area contributed by atoms with Crippen LogP contribution in [0.3, 0.4) is 0 Å². The third-order valence-corrected chi connectivity index (χ3v) is 3.00. The fourth-order valence-corrected chi connectivity index (χ4v) is 2.10. The first-order chi connectivity index (χ1) is 6.66. The van der Waals surface area contributed by atoms with Gasteiger partial charge in [0, 0.05) is 19.0 Å². The number of aliphatic hydroxyl groups is 1. The van der Waals surface area contributed by atoms with Gasteiger partial charge in [0.25, 0.3) is 0 Å². The van der Waals surface area contributed by atoms with Crippen molar-refractivity contribution in [3.8, 4) is 0 Å². The summed E-state index contributed by atoms with van der Waals surface area (Å²) in [6.07, 6.45) is 3.23. The number of amides is 1. The first-order valence-corrected chi connectivity index (χ1v) is 5.56. The van der Waals surface area contributed by atoms with Gasteiger partial charge >= 0.3 is 0 Å². The second kappa shape index (κ2) is 5.35. The van der Waals surface area contributed by atoms with E-state index in [-0.39, 0.29) is 18.4 Å². The predicted molar refractivity (Wildman–Crippen MR) is 55.8 cm³/mol. The number of nitrogens with zero attached hydrogens (tertiary/aromatic N) is 1. The molecule has 14 heavy (non-hydrogen) atoms. The van der Waals surface area contributed by atoms with E-state index in [1.54, 1.807) is 0 Å². The molecule has 1 rings (SSSR count). The summed E-state index contributed by atoms with van der Waals surface area (Å²) in [6, 6.07) is 0. The van der Waals surface area contributed by atoms with Crippen LogP contribution < -0.4 is 0 Å². The summed E-state index contributed by atoms with van der Waals surface area (Å²) in [5.41, 5.74) is 0. The van der Waals surface area contributed by atoms with Crippen molar-refractivity contribution in [1.82, 2.24) is 4.90 Å². The van der Waals surface area contributed by atoms with Gasteiger partial charge in [-0.2, -0.15) is 0 Å². The van der Waals surface area contributed by atoms with E-state index in [2.05, 4.69) is 13.8 Å². The second-order valence-electron chi connectivity index (χ2n) is 4.40. The maximum atomic E-state index is 12.0. The lowest BCUT2D eigenvalue weighted by atomic mass is 9.90. The number of carbonyl (C=O) groups is 1. The minimum Gasteiger partial charge on any atom is -0.395 e. The van der Waals surface area contributed by atoms with Crippen LogP contribution in [0, 0.1) is 11.8 Å². The maximum absolute atomic E-state index is 12.0. The molecule has 1 saturated heterocycles. The lowest BCUT2D eigenvalue weighted by Crippen LogP contribution is -2.38. The Labute approximate surface area is 86.1 Å². The Bertz CT molecular complexity index is 192. The Morgan fingerprint density at radius 1 is 1.50 bits per heavy atom. The minimum absolute atomic E-state index is 0.0799. The molecule has 0 aromatic heterocycles. The first kappa shape index (κ1) is 11.5. The molecule has 1 aliphatic rings. The van der Waals surface area contributed by atoms with Crippen LogP contribution in [0.4, 0.5) is 0 Å². The zero-order valence-electron chi connectivity index (χ0n) is 9.20. The zero-order chi connectivity index (χ0) is 10.6. The van der Waals surface area contributed by atoms with E-state index in [1.165, 1.54) is 0 Å². The molecule has 0 saturated carbocycles. The quantitative estimate of drug-likeness (QED) is 0.743. The van der Waals surface area contributed by atoms with Crippen LogP contribution in [0.5, 0.6) is 0 Å². The van der Waals surface area contributed by atoms with Crippen molar-refractivity contribution in [1.29, 1.82) is 0 Å². The van der Waals surface area contributed by atoms with Crippen molar-refractivity contribution in [3.05, 3.63) is 0 Å². The van der Waals surface area contributed by atoms with Gasteiger partial charge in [-0.05, 0) is 18.8 Å². The average molecular weight is 199 g/mol. The third kappa shape index (κ3) is 2.71. The van der Waals surface area contributed by atoms with Gasteiger partial charge in [-0.25, -0.2) is 0 Å². The van der Waals surface area contributed by atoms with Gasteiger partial charge in [-0.15, -0.1) is 0 Å². The van der Waals surface area contributed by atoms with Crippen LogP contribution in [-0.2, 0) is 4.79 Å². The van der Waals surface area contributed by atoms with Crippen LogP contribution in [0.1, 0.15) is 33.1 Å². The highest BCUT2D eigenvalue weighted by Gasteiger charge is 2.28. The van der Waals surface area contributed by atoms with Crippen molar-refractivity contribution in [3.63, 3.8) is 0 Å². The Morgan fingerprint density at radius 3 is 2.79 bits per heavy atom. The number of carbonyl (C=O) groups excluding carboxylic acids is 1. The Balaban J connectivity index is 2.64. The highest BCUT2D eigenvalue weighted by Crippen LogP contribution is 2.24. The summed E-state index contributed by atoms with van der Waals surface area (Å²) in [4.78, 5) is 13.8. The Hall–Kier alpha value is -0.570. The molecule has 1 unspecified atom stereocenters. The second-order valence-corrected chi connectivity index (χ2v) is 4.40. The maximum Gasteiger partial charge on any atom is 0.226 e. The summed E-state index contributed by atoms with van der Waals surface area (Å²) in [5, 5.41) is 8.86. The average Bonchev–Trinajstić information content (AvgIpc) is 2.30. The molecule has 0 bridgehead atoms. The highest BCUT2D eigenvalue weighted by atomic mass is 16.3. The standard InChI is InChI=1S/C11H21NO2/c1-9(2)10-5-3-4-6-12(7-8-13)11(10)14/h9-10,13H,3-8H2,1-2H3. The Kier molecular flexibility index (Phi) is 4.39. The number of rotatable bonds is 3. The first-order valence-electron chi connectivity index (χ1n) is 5.56. The third-order valence-electron chi connectivity index (χ3n) is 3.00. The molecule has 1 aliphatic heterocycles. The molecule has 1 N–H and O–H groups in total. The molecular formula is C11H21NO2. The van der Waals surface area contributed by atoms with Crippen molar-refractivity contribution in [2.75, 3.05) is 19.7 Å². The SMILES string of the molecule is CC(C)C1CCCCN(CCO)C1=O. The number of aliphatic hydroxyl groups excluding tert-OH is 1. The van der Waals surface area contributed by atoms with E-state index in [0.29, 0.717) is 12.5 Å². The molecule has 0 aromatic carbocycles. The number of β-amino-alcohol motifs (C(OH)–C–C–N with tert-alkyl or cyclic N) is 1. The monoisotopic (exact) mass is 199 g/mol. The molecule has 3 heteroatoms. The van der Waals surface area contributed by atoms with Crippen LogP contribution in [0.25, 0.3) is 0 Å². The van der Waals surface area contributed by atoms with Crippen LogP contribution in [-0.4, -0.2) is 35.6 Å². The van der Waals surface area contributed by atoms with Crippen molar-refractivity contribution in [2.24, 2.45) is 11.8 Å². The van der Waals surface area contributed by atoms with E-state index in [0.717, 1.165) is 25.8 Å². The molecule has 0 aromatic rings. The van der Waals surface area contributed by atoms with Crippen molar-refractivity contribution < 1.29 is 9.90 Å². The predicted octanol–water partition coefficient (Wildman–Crippen LogP) is 1.26. The topological polar surface area (TPSA) is 40.5 Å². The Morgan fingerprint density at radius 2 is 2.21 bits per heavy atom. The van der Waals surface area contributed by atoms with E-state index in [4.69, 9.17) is 5.11 Å². The summed E-state index contributed by atoms with van der Waals surface area (Å²) in [7, 11) is 0. The summed E-state index contributed by atoms with van der Waals surface area (Å²) < 4.78 is 0. The van der Waals surface area contributed by atoms with E-state index in [1.807, 2.05) is 4.90 Å². The number of likely N-dealkylation sites (tertiary alicyclic amines) is 1. The lowest BCUT2D eigenvalue weighted by Gasteiger charge is -2.25. The van der Waals surface area contributed by atoms with Gasteiger partial charge in [0.1, 0.15) is 0 Å². The molecule has 0 spiro atoms. The molecule has 0 radical (unpaired) electrons. The van der Waals surface area contributed by atoms with Gasteiger partial charge in [0.2, 0.25) is 5.91 Å². The fraction of sp³-hybridized carbons (Fsp3) is 0.909. The van der Waals surface area contributed by atoms with Crippen molar-refractivity contribution in [2.45, 2.75) is 33.1 Å². The van der Waals surface area contributed by atoms with Crippen LogP contribution >= 0.6 is 0 Å². The molecule has 3 nitrogen and oxygen atoms in total. The summed E-state index contributed by atoms with van der Waals surface area (Å²) >= 11 is 0. The van der Waals surface area contributed by atoms with Gasteiger partial charge in [-0.3, -0.25) is 4.79 Å². The molecular weight excluding hydrogens is 178 g/mol. The normalized spacial score (nSPS) is 24.1. The van der Waals surface area contributed by atoms with E-state index < -0.39 is 0 Å². The number of hydrogen-bond donors (Lipinski definition) is 1. The van der Waals surface area contributed by atoms with Gasteiger partial charge in [-0.1, -0.05) is 20.3 Å². The van der Waals surface area contributed by atoms with Crippen LogP contribution in [0.2, 0.25) is 0 Å². The summed E-state index contributed by atoms with van der Waals surface area (Å²) in [6.45, 7) is 5.61. The fourth-order valence-electron chi connectivity index (χ4n) is 2.10. The molecule has 1 atom stereocenters. The lowest BCUT2D eigenvalue weighted by molar-refractivity contribution is -0.136. The van der Waals surface area contributed by atoms with E-state index >= 15 is 0 Å². The molecule has 1 fully saturated rings. The van der Waals surface area contributed by atoms with Crippen LogP contribution in [0.15, 0.2) is 0 Å². The van der Waals surface area contributed by atoms with Crippen molar-refractivity contribution >= 4 is 5.91 Å². The summed E-state index contributed by atoms with van der Waals surface area (Å²) in [5.74, 6) is 0.831. The smallest absolute Gasteiger partial charge is 0.226 e.